The fourth-order valence-corrected chi connectivity index (χ4v) is 3.32. The number of amides is 1. The zero-order valence-electron chi connectivity index (χ0n) is 16.4. The zero-order chi connectivity index (χ0) is 20.9. The molecule has 0 spiro atoms. The van der Waals surface area contributed by atoms with E-state index in [2.05, 4.69) is 15.3 Å². The average molecular weight is 401 g/mol. The van der Waals surface area contributed by atoms with Crippen molar-refractivity contribution in [2.75, 3.05) is 7.11 Å². The number of hydrogen-bond donors (Lipinski definition) is 1. The average Bonchev–Trinajstić information content (AvgIpc) is 2.82. The summed E-state index contributed by atoms with van der Waals surface area (Å²) < 4.78 is 18.4. The summed E-state index contributed by atoms with van der Waals surface area (Å²) in [5, 5.41) is 4.00. The van der Waals surface area contributed by atoms with Crippen LogP contribution in [0.4, 0.5) is 4.39 Å². The Morgan fingerprint density at radius 3 is 2.57 bits per heavy atom. The molecule has 0 saturated heterocycles. The summed E-state index contributed by atoms with van der Waals surface area (Å²) in [5.41, 5.74) is 3.14. The molecule has 0 radical (unpaired) electrons. The number of fused-ring (bicyclic) bond motifs is 1. The van der Waals surface area contributed by atoms with E-state index in [1.165, 1.54) is 0 Å². The molecule has 6 heteroatoms. The molecule has 30 heavy (non-hydrogen) atoms. The molecule has 2 aromatic carbocycles. The summed E-state index contributed by atoms with van der Waals surface area (Å²) in [5.74, 6) is 0.285. The zero-order valence-corrected chi connectivity index (χ0v) is 16.4. The van der Waals surface area contributed by atoms with E-state index in [0.717, 1.165) is 16.5 Å². The van der Waals surface area contributed by atoms with Crippen LogP contribution >= 0.6 is 0 Å². The summed E-state index contributed by atoms with van der Waals surface area (Å²) in [4.78, 5) is 21.9. The minimum Gasteiger partial charge on any atom is -0.495 e. The highest BCUT2D eigenvalue weighted by atomic mass is 19.1. The first-order valence-electron chi connectivity index (χ1n) is 9.49. The van der Waals surface area contributed by atoms with Crippen molar-refractivity contribution >= 4 is 16.8 Å². The normalized spacial score (nSPS) is 11.8. The number of aromatic nitrogens is 2. The molecule has 0 saturated carbocycles. The topological polar surface area (TPSA) is 64.1 Å². The van der Waals surface area contributed by atoms with Gasteiger partial charge in [0.15, 0.2) is 0 Å². The Balaban J connectivity index is 1.71. The lowest BCUT2D eigenvalue weighted by molar-refractivity contribution is 0.0942. The second-order valence-corrected chi connectivity index (χ2v) is 6.78. The predicted octanol–water partition coefficient (Wildman–Crippen LogP) is 4.63. The number of nitrogens with zero attached hydrogens (tertiary/aromatic N) is 2. The van der Waals surface area contributed by atoms with Crippen molar-refractivity contribution in [2.24, 2.45) is 0 Å². The van der Waals surface area contributed by atoms with E-state index < -0.39 is 12.7 Å². The number of carbonyl (C=O) groups is 1. The van der Waals surface area contributed by atoms with Gasteiger partial charge in [0, 0.05) is 23.3 Å². The fraction of sp³-hybridized carbons (Fsp3) is 0.125. The van der Waals surface area contributed by atoms with E-state index in [1.807, 2.05) is 18.2 Å². The van der Waals surface area contributed by atoms with Gasteiger partial charge in [0.05, 0.1) is 12.6 Å². The number of carbonyl (C=O) groups excluding carboxylic acids is 1. The molecular weight excluding hydrogens is 381 g/mol. The number of hydrogen-bond acceptors (Lipinski definition) is 4. The van der Waals surface area contributed by atoms with E-state index in [-0.39, 0.29) is 5.91 Å². The quantitative estimate of drug-likeness (QED) is 0.512. The fourth-order valence-electron chi connectivity index (χ4n) is 3.32. The lowest BCUT2D eigenvalue weighted by Gasteiger charge is -2.21. The smallest absolute Gasteiger partial charge is 0.252 e. The number of pyridine rings is 2. The van der Waals surface area contributed by atoms with Crippen LogP contribution < -0.4 is 10.1 Å². The molecule has 150 valence electrons. The first kappa shape index (κ1) is 19.5. The van der Waals surface area contributed by atoms with E-state index in [0.29, 0.717) is 22.6 Å². The number of benzene rings is 2. The van der Waals surface area contributed by atoms with Gasteiger partial charge in [-0.2, -0.15) is 0 Å². The summed E-state index contributed by atoms with van der Waals surface area (Å²) in [7, 11) is 1.56. The molecule has 5 nitrogen and oxygen atoms in total. The number of methoxy groups -OCH3 is 1. The molecule has 0 bridgehead atoms. The molecule has 4 rings (SSSR count). The van der Waals surface area contributed by atoms with Crippen LogP contribution in [0.3, 0.4) is 0 Å². The third-order valence-corrected chi connectivity index (χ3v) is 4.90. The first-order chi connectivity index (χ1) is 14.7. The summed E-state index contributed by atoms with van der Waals surface area (Å²) in [6.07, 6.45) is 3.34. The van der Waals surface area contributed by atoms with Gasteiger partial charge in [0.2, 0.25) is 0 Å². The SMILES string of the molecule is COc1cccnc1[C@@H](NC(=O)c1ccc2cccnc2c1)c1ccc(CF)cc1. The lowest BCUT2D eigenvalue weighted by Crippen LogP contribution is -2.30. The van der Waals surface area contributed by atoms with Gasteiger partial charge in [0.1, 0.15) is 24.2 Å². The van der Waals surface area contributed by atoms with Crippen LogP contribution in [0.15, 0.2) is 79.1 Å². The molecule has 0 fully saturated rings. The van der Waals surface area contributed by atoms with Crippen LogP contribution in [0.1, 0.15) is 33.2 Å². The Kier molecular flexibility index (Phi) is 5.66. The van der Waals surface area contributed by atoms with Gasteiger partial charge in [-0.05, 0) is 41.5 Å². The number of nitrogens with one attached hydrogen (secondary N) is 1. The van der Waals surface area contributed by atoms with Crippen molar-refractivity contribution in [3.63, 3.8) is 0 Å². The second-order valence-electron chi connectivity index (χ2n) is 6.78. The maximum atomic E-state index is 13.1. The van der Waals surface area contributed by atoms with Crippen molar-refractivity contribution in [2.45, 2.75) is 12.7 Å². The summed E-state index contributed by atoms with van der Waals surface area (Å²) >= 11 is 0. The standard InChI is InChI=1S/C24H20FN3O2/c1-30-21-5-3-13-27-23(21)22(18-8-6-16(15-25)7-9-18)28-24(29)19-11-10-17-4-2-12-26-20(17)14-19/h2-14,22H,15H2,1H3,(H,28,29)/t22-/m0/s1. The maximum absolute atomic E-state index is 13.1. The van der Waals surface area contributed by atoms with Gasteiger partial charge in [0.25, 0.3) is 5.91 Å². The van der Waals surface area contributed by atoms with Crippen molar-refractivity contribution in [1.82, 2.24) is 15.3 Å². The van der Waals surface area contributed by atoms with Gasteiger partial charge < -0.3 is 10.1 Å². The molecule has 4 aromatic rings. The Morgan fingerprint density at radius 1 is 1.03 bits per heavy atom. The van der Waals surface area contributed by atoms with Crippen LogP contribution in [-0.2, 0) is 6.67 Å². The van der Waals surface area contributed by atoms with E-state index >= 15 is 0 Å². The van der Waals surface area contributed by atoms with Crippen molar-refractivity contribution in [3.05, 3.63) is 102 Å². The van der Waals surface area contributed by atoms with Crippen LogP contribution in [-0.4, -0.2) is 23.0 Å². The van der Waals surface area contributed by atoms with Crippen LogP contribution in [0.25, 0.3) is 10.9 Å². The number of alkyl halides is 1. The Hall–Kier alpha value is -3.80. The minimum atomic E-state index is -0.568. The lowest BCUT2D eigenvalue weighted by atomic mass is 10.00. The number of rotatable bonds is 6. The maximum Gasteiger partial charge on any atom is 0.252 e. The van der Waals surface area contributed by atoms with Crippen LogP contribution in [0.5, 0.6) is 5.75 Å². The van der Waals surface area contributed by atoms with Crippen molar-refractivity contribution in [3.8, 4) is 5.75 Å². The van der Waals surface area contributed by atoms with Gasteiger partial charge in [-0.1, -0.05) is 36.4 Å². The van der Waals surface area contributed by atoms with Gasteiger partial charge in [-0.3, -0.25) is 14.8 Å². The number of halogens is 1. The van der Waals surface area contributed by atoms with Crippen molar-refractivity contribution in [1.29, 1.82) is 0 Å². The first-order valence-corrected chi connectivity index (χ1v) is 9.49. The van der Waals surface area contributed by atoms with Crippen molar-refractivity contribution < 1.29 is 13.9 Å². The predicted molar refractivity (Wildman–Crippen MR) is 113 cm³/mol. The van der Waals surface area contributed by atoms with Crippen LogP contribution in [0, 0.1) is 0 Å². The van der Waals surface area contributed by atoms with Gasteiger partial charge in [-0.25, -0.2) is 4.39 Å². The third kappa shape index (κ3) is 3.98. The van der Waals surface area contributed by atoms with E-state index in [4.69, 9.17) is 4.74 Å². The molecule has 0 unspecified atom stereocenters. The monoisotopic (exact) mass is 401 g/mol. The second kappa shape index (κ2) is 8.69. The Bertz CT molecular complexity index is 1180. The molecule has 0 aliphatic carbocycles. The van der Waals surface area contributed by atoms with E-state index in [1.54, 1.807) is 68.0 Å². The summed E-state index contributed by atoms with van der Waals surface area (Å²) in [6.45, 7) is -0.547. The molecule has 1 amide bonds. The highest BCUT2D eigenvalue weighted by Crippen LogP contribution is 2.29. The highest BCUT2D eigenvalue weighted by molar-refractivity contribution is 5.98. The molecule has 2 heterocycles. The largest absolute Gasteiger partial charge is 0.495 e. The van der Waals surface area contributed by atoms with Gasteiger partial charge >= 0.3 is 0 Å². The Morgan fingerprint density at radius 2 is 1.80 bits per heavy atom. The van der Waals surface area contributed by atoms with Gasteiger partial charge in [-0.15, -0.1) is 0 Å². The Labute approximate surface area is 173 Å². The molecule has 1 N–H and O–H groups in total. The molecule has 0 aliphatic rings. The minimum absolute atomic E-state index is 0.269. The highest BCUT2D eigenvalue weighted by Gasteiger charge is 2.23. The third-order valence-electron chi connectivity index (χ3n) is 4.90. The molecule has 0 aliphatic heterocycles. The van der Waals surface area contributed by atoms with Crippen LogP contribution in [0.2, 0.25) is 0 Å². The van der Waals surface area contributed by atoms with E-state index in [9.17, 15) is 9.18 Å². The molecule has 1 atom stereocenters. The summed E-state index contributed by atoms with van der Waals surface area (Å²) in [6, 6.07) is 19.1. The molecular formula is C24H20FN3O2. The number of ether oxygens (including phenoxy) is 1. The molecule has 2 aromatic heterocycles.